The summed E-state index contributed by atoms with van der Waals surface area (Å²) >= 11 is 1.08. The molecule has 180 valence electrons. The SMILES string of the molecule is Cc1cccc(NC(=NC2CCCCN(CC(=O)N3CCCC3)C2=O)NC(=O)c2csnn2)c1. The number of amides is 3. The Labute approximate surface area is 202 Å². The smallest absolute Gasteiger partial charge is 0.279 e. The average molecular weight is 484 g/mol. The van der Waals surface area contributed by atoms with E-state index in [1.54, 1.807) is 10.3 Å². The summed E-state index contributed by atoms with van der Waals surface area (Å²) in [4.78, 5) is 46.7. The molecule has 10 nitrogen and oxygen atoms in total. The maximum atomic E-state index is 13.3. The standard InChI is InChI=1S/C23H29N7O3S/c1-16-7-6-8-17(13-16)24-23(26-21(32)19-15-34-28-27-19)25-18-9-2-3-12-30(22(18)33)14-20(31)29-10-4-5-11-29/h6-8,13,15,18H,2-5,9-12,14H2,1H3,(H2,24,25,26,32). The second kappa shape index (κ2) is 11.2. The van der Waals surface area contributed by atoms with Crippen LogP contribution in [-0.4, -0.2) is 75.3 Å². The van der Waals surface area contributed by atoms with Crippen LogP contribution < -0.4 is 10.6 Å². The van der Waals surface area contributed by atoms with Gasteiger partial charge < -0.3 is 15.1 Å². The number of carbonyl (C=O) groups is 3. The van der Waals surface area contributed by atoms with Crippen LogP contribution in [0.2, 0.25) is 0 Å². The second-order valence-corrected chi connectivity index (χ2v) is 9.19. The fourth-order valence-corrected chi connectivity index (χ4v) is 4.57. The Hall–Kier alpha value is -3.34. The monoisotopic (exact) mass is 483 g/mol. The van der Waals surface area contributed by atoms with E-state index < -0.39 is 11.9 Å². The molecule has 0 bridgehead atoms. The first-order valence-electron chi connectivity index (χ1n) is 11.6. The van der Waals surface area contributed by atoms with E-state index >= 15 is 0 Å². The van der Waals surface area contributed by atoms with E-state index in [1.165, 1.54) is 0 Å². The lowest BCUT2D eigenvalue weighted by Gasteiger charge is -2.25. The molecule has 0 radical (unpaired) electrons. The summed E-state index contributed by atoms with van der Waals surface area (Å²) in [5.74, 6) is -0.513. The number of anilines is 1. The number of rotatable bonds is 5. The summed E-state index contributed by atoms with van der Waals surface area (Å²) in [7, 11) is 0. The first kappa shape index (κ1) is 23.8. The Balaban J connectivity index is 1.53. The number of likely N-dealkylation sites (tertiary alicyclic amines) is 2. The van der Waals surface area contributed by atoms with Gasteiger partial charge in [0.25, 0.3) is 5.91 Å². The third-order valence-corrected chi connectivity index (χ3v) is 6.43. The molecular weight excluding hydrogens is 454 g/mol. The molecule has 1 aromatic heterocycles. The lowest BCUT2D eigenvalue weighted by atomic mass is 10.1. The number of nitrogens with one attached hydrogen (secondary N) is 2. The Bertz CT molecular complexity index is 1050. The van der Waals surface area contributed by atoms with Crippen molar-refractivity contribution in [3.63, 3.8) is 0 Å². The maximum absolute atomic E-state index is 13.3. The van der Waals surface area contributed by atoms with Gasteiger partial charge in [-0.05, 0) is 68.3 Å². The Morgan fingerprint density at radius 2 is 1.97 bits per heavy atom. The molecule has 0 spiro atoms. The van der Waals surface area contributed by atoms with Crippen LogP contribution in [0.25, 0.3) is 0 Å². The number of benzene rings is 1. The molecule has 2 N–H and O–H groups in total. The van der Waals surface area contributed by atoms with Crippen LogP contribution in [0.4, 0.5) is 5.69 Å². The molecule has 1 aromatic carbocycles. The van der Waals surface area contributed by atoms with Gasteiger partial charge in [-0.15, -0.1) is 5.10 Å². The van der Waals surface area contributed by atoms with E-state index in [4.69, 9.17) is 0 Å². The average Bonchev–Trinajstić information content (AvgIpc) is 3.52. The number of aliphatic imine (C=N–C) groups is 1. The molecule has 2 saturated heterocycles. The summed E-state index contributed by atoms with van der Waals surface area (Å²) in [5.41, 5.74) is 1.95. The van der Waals surface area contributed by atoms with E-state index in [2.05, 4.69) is 25.2 Å². The first-order chi connectivity index (χ1) is 16.5. The topological polar surface area (TPSA) is 120 Å². The summed E-state index contributed by atoms with van der Waals surface area (Å²) in [5, 5.41) is 11.2. The van der Waals surface area contributed by atoms with Gasteiger partial charge in [0.1, 0.15) is 6.04 Å². The number of aryl methyl sites for hydroxylation is 1. The highest BCUT2D eigenvalue weighted by molar-refractivity contribution is 7.03. The van der Waals surface area contributed by atoms with Crippen LogP contribution in [-0.2, 0) is 9.59 Å². The van der Waals surface area contributed by atoms with Crippen molar-refractivity contribution in [2.45, 2.75) is 45.1 Å². The molecule has 2 aliphatic heterocycles. The summed E-state index contributed by atoms with van der Waals surface area (Å²) < 4.78 is 3.73. The lowest BCUT2D eigenvalue weighted by molar-refractivity contribution is -0.140. The van der Waals surface area contributed by atoms with Gasteiger partial charge in [-0.2, -0.15) is 0 Å². The molecule has 1 unspecified atom stereocenters. The van der Waals surface area contributed by atoms with Crippen molar-refractivity contribution in [2.75, 3.05) is 31.5 Å². The molecule has 4 rings (SSSR count). The third-order valence-electron chi connectivity index (χ3n) is 5.93. The van der Waals surface area contributed by atoms with Crippen LogP contribution in [0.5, 0.6) is 0 Å². The van der Waals surface area contributed by atoms with Crippen molar-refractivity contribution in [1.82, 2.24) is 24.7 Å². The summed E-state index contributed by atoms with van der Waals surface area (Å²) in [6.45, 7) is 4.07. The molecule has 34 heavy (non-hydrogen) atoms. The largest absolute Gasteiger partial charge is 0.341 e. The fraction of sp³-hybridized carbons (Fsp3) is 0.478. The van der Waals surface area contributed by atoms with Gasteiger partial charge in [0.2, 0.25) is 17.8 Å². The zero-order valence-electron chi connectivity index (χ0n) is 19.2. The second-order valence-electron chi connectivity index (χ2n) is 8.58. The predicted octanol–water partition coefficient (Wildman–Crippen LogP) is 2.05. The van der Waals surface area contributed by atoms with Gasteiger partial charge in [0.05, 0.1) is 6.54 Å². The van der Waals surface area contributed by atoms with Crippen molar-refractivity contribution in [2.24, 2.45) is 4.99 Å². The van der Waals surface area contributed by atoms with Gasteiger partial charge in [-0.25, -0.2) is 4.99 Å². The number of hydrogen-bond acceptors (Lipinski definition) is 7. The van der Waals surface area contributed by atoms with Gasteiger partial charge >= 0.3 is 0 Å². The number of guanidine groups is 1. The minimum atomic E-state index is -0.699. The van der Waals surface area contributed by atoms with Crippen LogP contribution in [0.3, 0.4) is 0 Å². The van der Waals surface area contributed by atoms with E-state index in [0.717, 1.165) is 61.6 Å². The molecule has 2 aliphatic rings. The predicted molar refractivity (Wildman–Crippen MR) is 130 cm³/mol. The first-order valence-corrected chi connectivity index (χ1v) is 12.4. The minimum Gasteiger partial charge on any atom is -0.341 e. The summed E-state index contributed by atoms with van der Waals surface area (Å²) in [6.07, 6.45) is 4.17. The van der Waals surface area contributed by atoms with Crippen LogP contribution in [0.1, 0.15) is 48.2 Å². The molecule has 2 fully saturated rings. The van der Waals surface area contributed by atoms with Gasteiger partial charge in [-0.3, -0.25) is 19.7 Å². The molecular formula is C23H29N7O3S. The molecule has 2 aromatic rings. The lowest BCUT2D eigenvalue weighted by Crippen LogP contribution is -2.45. The highest BCUT2D eigenvalue weighted by Crippen LogP contribution is 2.17. The summed E-state index contributed by atoms with van der Waals surface area (Å²) in [6, 6.07) is 6.93. The van der Waals surface area contributed by atoms with Crippen LogP contribution in [0, 0.1) is 6.92 Å². The quantitative estimate of drug-likeness (QED) is 0.496. The third kappa shape index (κ3) is 6.16. The van der Waals surface area contributed by atoms with Crippen molar-refractivity contribution < 1.29 is 14.4 Å². The van der Waals surface area contributed by atoms with Gasteiger partial charge in [0.15, 0.2) is 5.69 Å². The fourth-order valence-electron chi connectivity index (χ4n) is 4.14. The number of carbonyl (C=O) groups excluding carboxylic acids is 3. The number of aromatic nitrogens is 2. The van der Waals surface area contributed by atoms with Crippen LogP contribution in [0.15, 0.2) is 34.6 Å². The van der Waals surface area contributed by atoms with Crippen molar-refractivity contribution in [3.05, 3.63) is 40.9 Å². The minimum absolute atomic E-state index is 0.0158. The Morgan fingerprint density at radius 1 is 1.18 bits per heavy atom. The molecule has 0 aliphatic carbocycles. The zero-order valence-corrected chi connectivity index (χ0v) is 20.0. The van der Waals surface area contributed by atoms with Gasteiger partial charge in [0, 0.05) is 30.7 Å². The highest BCUT2D eigenvalue weighted by Gasteiger charge is 2.30. The van der Waals surface area contributed by atoms with E-state index in [0.29, 0.717) is 13.0 Å². The number of nitrogens with zero attached hydrogens (tertiary/aromatic N) is 5. The molecule has 3 amide bonds. The van der Waals surface area contributed by atoms with Gasteiger partial charge in [-0.1, -0.05) is 16.6 Å². The molecule has 11 heteroatoms. The van der Waals surface area contributed by atoms with E-state index in [1.807, 2.05) is 36.1 Å². The van der Waals surface area contributed by atoms with E-state index in [9.17, 15) is 14.4 Å². The Morgan fingerprint density at radius 3 is 2.71 bits per heavy atom. The van der Waals surface area contributed by atoms with Crippen LogP contribution >= 0.6 is 11.5 Å². The molecule has 3 heterocycles. The number of hydrogen-bond donors (Lipinski definition) is 2. The zero-order chi connectivity index (χ0) is 23.9. The molecule has 0 saturated carbocycles. The highest BCUT2D eigenvalue weighted by atomic mass is 32.1. The normalized spacial score (nSPS) is 19.1. The maximum Gasteiger partial charge on any atom is 0.279 e. The van der Waals surface area contributed by atoms with Crippen molar-refractivity contribution in [1.29, 1.82) is 0 Å². The van der Waals surface area contributed by atoms with Crippen molar-refractivity contribution in [3.8, 4) is 0 Å². The van der Waals surface area contributed by atoms with E-state index in [-0.39, 0.29) is 30.0 Å². The van der Waals surface area contributed by atoms with Crippen molar-refractivity contribution >= 4 is 40.9 Å². The molecule has 1 atom stereocenters. The Kier molecular flexibility index (Phi) is 7.84.